The molecule has 6 nitrogen and oxygen atoms in total. The van der Waals surface area contributed by atoms with E-state index in [1.54, 1.807) is 17.3 Å². The molecule has 1 fully saturated rings. The maximum absolute atomic E-state index is 11.3. The summed E-state index contributed by atoms with van der Waals surface area (Å²) in [5, 5.41) is 12.4. The number of aliphatic imine (C=N–C) groups is 1. The second-order valence-electron chi connectivity index (χ2n) is 2.85. The molecule has 1 atom stereocenters. The average molecular weight is 179 g/mol. The first-order chi connectivity index (χ1) is 6.18. The quantitative estimate of drug-likeness (QED) is 0.438. The van der Waals surface area contributed by atoms with E-state index >= 15 is 0 Å². The van der Waals surface area contributed by atoms with Gasteiger partial charge in [0.15, 0.2) is 12.1 Å². The zero-order valence-electron chi connectivity index (χ0n) is 7.03. The van der Waals surface area contributed by atoms with E-state index in [2.05, 4.69) is 15.6 Å². The predicted molar refractivity (Wildman–Crippen MR) is 47.1 cm³/mol. The number of nitrogens with zero attached hydrogens (tertiary/aromatic N) is 2. The maximum Gasteiger partial charge on any atom is 0.276 e. The van der Waals surface area contributed by atoms with Crippen LogP contribution in [0, 0.1) is 5.41 Å². The van der Waals surface area contributed by atoms with Crippen LogP contribution in [0.25, 0.3) is 0 Å². The molecule has 0 aromatic rings. The van der Waals surface area contributed by atoms with Gasteiger partial charge in [0.25, 0.3) is 5.91 Å². The second kappa shape index (κ2) is 2.58. The van der Waals surface area contributed by atoms with Gasteiger partial charge in [0.1, 0.15) is 5.71 Å². The number of fused-ring (bicyclic) bond motifs is 1. The summed E-state index contributed by atoms with van der Waals surface area (Å²) in [5.74, 6) is -0.305. The molecule has 2 aliphatic heterocycles. The van der Waals surface area contributed by atoms with Crippen LogP contribution in [0.2, 0.25) is 0 Å². The van der Waals surface area contributed by atoms with Crippen molar-refractivity contribution in [1.82, 2.24) is 15.5 Å². The minimum Gasteiger partial charge on any atom is -0.354 e. The van der Waals surface area contributed by atoms with Crippen LogP contribution >= 0.6 is 0 Å². The fraction of sp³-hybridized carbons (Fsp3) is 0.286. The van der Waals surface area contributed by atoms with Gasteiger partial charge >= 0.3 is 0 Å². The number of carbonyl (C=O) groups is 1. The van der Waals surface area contributed by atoms with Crippen molar-refractivity contribution >= 4 is 17.6 Å². The Morgan fingerprint density at radius 1 is 1.69 bits per heavy atom. The van der Waals surface area contributed by atoms with Crippen molar-refractivity contribution in [2.24, 2.45) is 4.99 Å². The first-order valence-electron chi connectivity index (χ1n) is 3.81. The number of hydrogen-bond acceptors (Lipinski definition) is 4. The highest BCUT2D eigenvalue weighted by molar-refractivity contribution is 6.45. The van der Waals surface area contributed by atoms with Gasteiger partial charge in [0.2, 0.25) is 0 Å². The summed E-state index contributed by atoms with van der Waals surface area (Å²) in [4.78, 5) is 17.0. The average Bonchev–Trinajstić information content (AvgIpc) is 2.07. The second-order valence-corrected chi connectivity index (χ2v) is 2.85. The molecule has 3 N–H and O–H groups in total. The van der Waals surface area contributed by atoms with Gasteiger partial charge in [-0.15, -0.1) is 0 Å². The van der Waals surface area contributed by atoms with Crippen LogP contribution in [0.3, 0.4) is 0 Å². The largest absolute Gasteiger partial charge is 0.354 e. The molecular weight excluding hydrogens is 170 g/mol. The Morgan fingerprint density at radius 3 is 3.23 bits per heavy atom. The Labute approximate surface area is 74.8 Å². The summed E-state index contributed by atoms with van der Waals surface area (Å²) in [6, 6.07) is 0. The van der Waals surface area contributed by atoms with Crippen LogP contribution in [-0.2, 0) is 4.79 Å². The number of carbonyl (C=O) groups excluding carboxylic acids is 1. The third-order valence-electron chi connectivity index (χ3n) is 1.93. The lowest BCUT2D eigenvalue weighted by Crippen LogP contribution is -2.64. The fourth-order valence-electron chi connectivity index (χ4n) is 1.27. The molecule has 0 spiro atoms. The van der Waals surface area contributed by atoms with E-state index in [1.807, 2.05) is 7.05 Å². The number of hydrogen-bond donors (Lipinski definition) is 3. The molecule has 2 aliphatic rings. The number of guanidine groups is 1. The van der Waals surface area contributed by atoms with E-state index in [9.17, 15) is 4.79 Å². The third-order valence-corrected chi connectivity index (χ3v) is 1.93. The molecule has 13 heavy (non-hydrogen) atoms. The third kappa shape index (κ3) is 1.16. The Kier molecular flexibility index (Phi) is 1.54. The van der Waals surface area contributed by atoms with E-state index < -0.39 is 0 Å². The molecule has 0 aromatic heterocycles. The van der Waals surface area contributed by atoms with Crippen LogP contribution in [0.5, 0.6) is 0 Å². The predicted octanol–water partition coefficient (Wildman–Crippen LogP) is -1.18. The lowest BCUT2D eigenvalue weighted by Gasteiger charge is -2.34. The highest BCUT2D eigenvalue weighted by Gasteiger charge is 2.32. The van der Waals surface area contributed by atoms with Crippen molar-refractivity contribution in [3.05, 3.63) is 12.4 Å². The number of rotatable bonds is 0. The molecule has 0 aliphatic carbocycles. The first kappa shape index (κ1) is 7.78. The van der Waals surface area contributed by atoms with E-state index in [0.717, 1.165) is 0 Å². The van der Waals surface area contributed by atoms with Crippen molar-refractivity contribution < 1.29 is 4.79 Å². The van der Waals surface area contributed by atoms with Gasteiger partial charge in [-0.3, -0.25) is 15.5 Å². The normalized spacial score (nSPS) is 26.1. The Hall–Kier alpha value is -1.85. The van der Waals surface area contributed by atoms with Crippen LogP contribution in [0.15, 0.2) is 17.4 Å². The van der Waals surface area contributed by atoms with Gasteiger partial charge in [0, 0.05) is 19.4 Å². The van der Waals surface area contributed by atoms with Crippen molar-refractivity contribution in [3.8, 4) is 0 Å². The highest BCUT2D eigenvalue weighted by atomic mass is 16.2. The molecular formula is C7H9N5O. The first-order valence-corrected chi connectivity index (χ1v) is 3.81. The minimum atomic E-state index is -0.315. The van der Waals surface area contributed by atoms with E-state index in [0.29, 0.717) is 5.71 Å². The van der Waals surface area contributed by atoms with E-state index in [1.165, 1.54) is 0 Å². The molecule has 0 bridgehead atoms. The molecule has 2 heterocycles. The minimum absolute atomic E-state index is 0.0103. The van der Waals surface area contributed by atoms with E-state index in [4.69, 9.17) is 5.41 Å². The van der Waals surface area contributed by atoms with Gasteiger partial charge in [-0.1, -0.05) is 0 Å². The molecule has 1 amide bonds. The molecule has 2 rings (SSSR count). The van der Waals surface area contributed by atoms with Crippen molar-refractivity contribution in [2.75, 3.05) is 7.05 Å². The summed E-state index contributed by atoms with van der Waals surface area (Å²) in [6.07, 6.45) is 2.99. The smallest absolute Gasteiger partial charge is 0.276 e. The summed E-state index contributed by atoms with van der Waals surface area (Å²) < 4.78 is 0. The lowest BCUT2D eigenvalue weighted by molar-refractivity contribution is -0.114. The number of nitrogens with one attached hydrogen (secondary N) is 3. The SMILES string of the molecule is CN1C=CN=C2C(=O)NC(=N)NC21. The summed E-state index contributed by atoms with van der Waals surface area (Å²) >= 11 is 0. The Morgan fingerprint density at radius 2 is 2.46 bits per heavy atom. The standard InChI is InChI=1S/C7H9N5O/c1-12-3-2-9-4-5(12)10-7(8)11-6(4)13/h2-3,5H,1H3,(H3,8,10,11,13). The maximum atomic E-state index is 11.3. The molecule has 6 heteroatoms. The Balaban J connectivity index is 2.34. The van der Waals surface area contributed by atoms with Crippen molar-refractivity contribution in [2.45, 2.75) is 6.17 Å². The van der Waals surface area contributed by atoms with Crippen LogP contribution in [0.1, 0.15) is 0 Å². The van der Waals surface area contributed by atoms with Gasteiger partial charge in [-0.05, 0) is 0 Å². The zero-order valence-corrected chi connectivity index (χ0v) is 7.03. The summed E-state index contributed by atoms with van der Waals surface area (Å²) in [5.41, 5.74) is 0.390. The topological polar surface area (TPSA) is 80.6 Å². The summed E-state index contributed by atoms with van der Waals surface area (Å²) in [7, 11) is 1.81. The lowest BCUT2D eigenvalue weighted by atomic mass is 10.2. The van der Waals surface area contributed by atoms with Crippen molar-refractivity contribution in [3.63, 3.8) is 0 Å². The molecule has 0 saturated carbocycles. The fourth-order valence-corrected chi connectivity index (χ4v) is 1.27. The monoisotopic (exact) mass is 179 g/mol. The van der Waals surface area contributed by atoms with Gasteiger partial charge in [-0.2, -0.15) is 0 Å². The van der Waals surface area contributed by atoms with Gasteiger partial charge in [0.05, 0.1) is 0 Å². The zero-order chi connectivity index (χ0) is 9.42. The number of amides is 1. The van der Waals surface area contributed by atoms with Gasteiger partial charge < -0.3 is 10.2 Å². The van der Waals surface area contributed by atoms with Crippen LogP contribution in [-0.4, -0.2) is 35.7 Å². The molecule has 1 unspecified atom stereocenters. The van der Waals surface area contributed by atoms with Crippen LogP contribution in [0.4, 0.5) is 0 Å². The summed E-state index contributed by atoms with van der Waals surface area (Å²) in [6.45, 7) is 0. The van der Waals surface area contributed by atoms with E-state index in [-0.39, 0.29) is 18.0 Å². The molecule has 1 saturated heterocycles. The molecule has 0 radical (unpaired) electrons. The van der Waals surface area contributed by atoms with Gasteiger partial charge in [-0.25, -0.2) is 4.99 Å². The Bertz CT molecular complexity index is 332. The molecule has 68 valence electrons. The highest BCUT2D eigenvalue weighted by Crippen LogP contribution is 2.06. The van der Waals surface area contributed by atoms with Crippen molar-refractivity contribution in [1.29, 1.82) is 5.41 Å². The molecule has 0 aromatic carbocycles. The van der Waals surface area contributed by atoms with Crippen LogP contribution < -0.4 is 10.6 Å².